The van der Waals surface area contributed by atoms with Crippen LogP contribution in [-0.4, -0.2) is 19.0 Å². The maximum atomic E-state index is 12.1. The van der Waals surface area contributed by atoms with Gasteiger partial charge in [-0.1, -0.05) is 6.07 Å². The zero-order valence-corrected chi connectivity index (χ0v) is 11.5. The van der Waals surface area contributed by atoms with Crippen LogP contribution in [-0.2, 0) is 4.74 Å². The normalized spacial score (nSPS) is 10.2. The molecule has 0 saturated heterocycles. The van der Waals surface area contributed by atoms with E-state index in [-0.39, 0.29) is 11.7 Å². The van der Waals surface area contributed by atoms with Crippen molar-refractivity contribution in [2.45, 2.75) is 13.8 Å². The number of anilines is 1. The molecule has 0 aliphatic rings. The number of carbonyl (C=O) groups excluding carboxylic acids is 2. The van der Waals surface area contributed by atoms with E-state index in [2.05, 4.69) is 5.32 Å². The Balaban J connectivity index is 2.29. The Morgan fingerprint density at radius 1 is 1.20 bits per heavy atom. The number of methoxy groups -OCH3 is 1. The van der Waals surface area contributed by atoms with Crippen LogP contribution in [0.5, 0.6) is 0 Å². The lowest BCUT2D eigenvalue weighted by Crippen LogP contribution is -2.14. The Labute approximate surface area is 116 Å². The first kappa shape index (κ1) is 13.9. The minimum Gasteiger partial charge on any atom is -0.465 e. The summed E-state index contributed by atoms with van der Waals surface area (Å²) in [7, 11) is 1.32. The number of ether oxygens (including phenoxy) is 1. The highest BCUT2D eigenvalue weighted by atomic mass is 16.5. The third-order valence-corrected chi connectivity index (χ3v) is 3.06. The van der Waals surface area contributed by atoms with Crippen LogP contribution in [0, 0.1) is 13.8 Å². The fourth-order valence-electron chi connectivity index (χ4n) is 1.89. The van der Waals surface area contributed by atoms with E-state index >= 15 is 0 Å². The summed E-state index contributed by atoms with van der Waals surface area (Å²) in [5.41, 5.74) is 2.37. The van der Waals surface area contributed by atoms with Crippen molar-refractivity contribution in [1.29, 1.82) is 0 Å². The SMILES string of the molecule is COC(=O)c1cccc(NC(=O)c2occc2C)c1C. The predicted octanol–water partition coefficient (Wildman–Crippen LogP) is 2.94. The summed E-state index contributed by atoms with van der Waals surface area (Å²) in [5, 5.41) is 2.73. The van der Waals surface area contributed by atoms with E-state index in [0.717, 1.165) is 5.56 Å². The van der Waals surface area contributed by atoms with E-state index in [1.54, 1.807) is 38.1 Å². The van der Waals surface area contributed by atoms with Crippen LogP contribution >= 0.6 is 0 Å². The number of nitrogens with one attached hydrogen (secondary N) is 1. The van der Waals surface area contributed by atoms with Crippen LogP contribution in [0.3, 0.4) is 0 Å². The quantitative estimate of drug-likeness (QED) is 0.873. The van der Waals surface area contributed by atoms with Crippen molar-refractivity contribution in [2.75, 3.05) is 12.4 Å². The van der Waals surface area contributed by atoms with Gasteiger partial charge in [-0.3, -0.25) is 4.79 Å². The topological polar surface area (TPSA) is 68.5 Å². The van der Waals surface area contributed by atoms with Crippen LogP contribution in [0.15, 0.2) is 34.9 Å². The van der Waals surface area contributed by atoms with Gasteiger partial charge in [-0.15, -0.1) is 0 Å². The lowest BCUT2D eigenvalue weighted by molar-refractivity contribution is 0.0599. The molecule has 5 heteroatoms. The Hall–Kier alpha value is -2.56. The van der Waals surface area contributed by atoms with E-state index in [9.17, 15) is 9.59 Å². The van der Waals surface area contributed by atoms with Crippen molar-refractivity contribution < 1.29 is 18.7 Å². The lowest BCUT2D eigenvalue weighted by atomic mass is 10.1. The lowest BCUT2D eigenvalue weighted by Gasteiger charge is -2.10. The van der Waals surface area contributed by atoms with Crippen molar-refractivity contribution in [3.05, 3.63) is 53.0 Å². The van der Waals surface area contributed by atoms with Crippen LogP contribution in [0.25, 0.3) is 0 Å². The highest BCUT2D eigenvalue weighted by Gasteiger charge is 2.16. The maximum absolute atomic E-state index is 12.1. The second kappa shape index (κ2) is 5.61. The molecule has 1 N–H and O–H groups in total. The van der Waals surface area contributed by atoms with Gasteiger partial charge >= 0.3 is 5.97 Å². The second-order valence-corrected chi connectivity index (χ2v) is 4.36. The Kier molecular flexibility index (Phi) is 3.89. The van der Waals surface area contributed by atoms with Gasteiger partial charge in [0.2, 0.25) is 0 Å². The van der Waals surface area contributed by atoms with Crippen molar-refractivity contribution in [3.63, 3.8) is 0 Å². The van der Waals surface area contributed by atoms with E-state index in [4.69, 9.17) is 9.15 Å². The van der Waals surface area contributed by atoms with Gasteiger partial charge in [-0.05, 0) is 37.6 Å². The maximum Gasteiger partial charge on any atom is 0.338 e. The number of carbonyl (C=O) groups is 2. The molecule has 104 valence electrons. The number of furan rings is 1. The van der Waals surface area contributed by atoms with Gasteiger partial charge in [0.05, 0.1) is 18.9 Å². The summed E-state index contributed by atoms with van der Waals surface area (Å²) in [6, 6.07) is 6.77. The summed E-state index contributed by atoms with van der Waals surface area (Å²) in [5.74, 6) is -0.529. The van der Waals surface area contributed by atoms with Crippen LogP contribution < -0.4 is 5.32 Å². The zero-order chi connectivity index (χ0) is 14.7. The molecule has 1 aromatic heterocycles. The molecule has 0 bridgehead atoms. The number of benzene rings is 1. The fourth-order valence-corrected chi connectivity index (χ4v) is 1.89. The average molecular weight is 273 g/mol. The van der Waals surface area contributed by atoms with Gasteiger partial charge in [0.25, 0.3) is 5.91 Å². The molecule has 0 aliphatic carbocycles. The monoisotopic (exact) mass is 273 g/mol. The number of esters is 1. The average Bonchev–Trinajstić information content (AvgIpc) is 2.86. The molecule has 2 aromatic rings. The van der Waals surface area contributed by atoms with Gasteiger partial charge in [-0.25, -0.2) is 4.79 Å². The molecule has 1 aromatic carbocycles. The van der Waals surface area contributed by atoms with Crippen LogP contribution in [0.4, 0.5) is 5.69 Å². The Bertz CT molecular complexity index is 658. The van der Waals surface area contributed by atoms with Gasteiger partial charge in [0.15, 0.2) is 5.76 Å². The smallest absolute Gasteiger partial charge is 0.338 e. The number of amides is 1. The molecule has 0 aliphatic heterocycles. The second-order valence-electron chi connectivity index (χ2n) is 4.36. The molecule has 1 amide bonds. The third-order valence-electron chi connectivity index (χ3n) is 3.06. The number of aryl methyl sites for hydroxylation is 1. The van der Waals surface area contributed by atoms with E-state index in [1.807, 2.05) is 0 Å². The molecular formula is C15H15NO4. The van der Waals surface area contributed by atoms with Crippen molar-refractivity contribution in [2.24, 2.45) is 0 Å². The molecule has 0 saturated carbocycles. The first-order valence-electron chi connectivity index (χ1n) is 6.08. The first-order chi connectivity index (χ1) is 9.54. The van der Waals surface area contributed by atoms with E-state index < -0.39 is 5.97 Å². The summed E-state index contributed by atoms with van der Waals surface area (Å²) < 4.78 is 9.83. The molecule has 1 heterocycles. The molecular weight excluding hydrogens is 258 g/mol. The van der Waals surface area contributed by atoms with E-state index in [0.29, 0.717) is 16.8 Å². The highest BCUT2D eigenvalue weighted by molar-refractivity contribution is 6.04. The van der Waals surface area contributed by atoms with Gasteiger partial charge in [0, 0.05) is 11.3 Å². The largest absolute Gasteiger partial charge is 0.465 e. The fraction of sp³-hybridized carbons (Fsp3) is 0.200. The Morgan fingerprint density at radius 2 is 1.95 bits per heavy atom. The minimum absolute atomic E-state index is 0.257. The Morgan fingerprint density at radius 3 is 2.55 bits per heavy atom. The van der Waals surface area contributed by atoms with Gasteiger partial charge in [0.1, 0.15) is 0 Å². The molecule has 2 rings (SSSR count). The third kappa shape index (κ3) is 2.56. The van der Waals surface area contributed by atoms with Crippen LogP contribution in [0.2, 0.25) is 0 Å². The number of hydrogen-bond donors (Lipinski definition) is 1. The van der Waals surface area contributed by atoms with Crippen LogP contribution in [0.1, 0.15) is 32.0 Å². The van der Waals surface area contributed by atoms with E-state index in [1.165, 1.54) is 13.4 Å². The molecule has 20 heavy (non-hydrogen) atoms. The molecule has 0 atom stereocenters. The van der Waals surface area contributed by atoms with Gasteiger partial charge < -0.3 is 14.5 Å². The molecule has 0 unspecified atom stereocenters. The van der Waals surface area contributed by atoms with Gasteiger partial charge in [-0.2, -0.15) is 0 Å². The summed E-state index contributed by atoms with van der Waals surface area (Å²) in [6.07, 6.45) is 1.46. The number of hydrogen-bond acceptors (Lipinski definition) is 4. The predicted molar refractivity (Wildman–Crippen MR) is 73.9 cm³/mol. The van der Waals surface area contributed by atoms with Crippen molar-refractivity contribution in [3.8, 4) is 0 Å². The molecule has 5 nitrogen and oxygen atoms in total. The molecule has 0 spiro atoms. The summed E-state index contributed by atoms with van der Waals surface area (Å²) >= 11 is 0. The van der Waals surface area contributed by atoms with Crippen molar-refractivity contribution in [1.82, 2.24) is 0 Å². The first-order valence-corrected chi connectivity index (χ1v) is 6.08. The molecule has 0 fully saturated rings. The molecule has 0 radical (unpaired) electrons. The zero-order valence-electron chi connectivity index (χ0n) is 11.5. The summed E-state index contributed by atoms with van der Waals surface area (Å²) in [6.45, 7) is 3.53. The highest BCUT2D eigenvalue weighted by Crippen LogP contribution is 2.21. The standard InChI is InChI=1S/C15H15NO4/c1-9-7-8-20-13(9)14(17)16-12-6-4-5-11(10(12)2)15(18)19-3/h4-8H,1-3H3,(H,16,17). The van der Waals surface area contributed by atoms with Crippen molar-refractivity contribution >= 4 is 17.6 Å². The number of rotatable bonds is 3. The minimum atomic E-state index is -0.437. The summed E-state index contributed by atoms with van der Waals surface area (Å²) in [4.78, 5) is 23.7.